The second-order valence-corrected chi connectivity index (χ2v) is 4.60. The molecule has 1 aromatic carbocycles. The van der Waals surface area contributed by atoms with Crippen molar-refractivity contribution in [1.82, 2.24) is 9.78 Å². The topological polar surface area (TPSA) is 43.8 Å². The molecule has 90 valence electrons. The maximum atomic E-state index is 5.63. The van der Waals surface area contributed by atoms with Gasteiger partial charge in [-0.05, 0) is 49.6 Å². The lowest BCUT2D eigenvalue weighted by Gasteiger charge is -2.09. The molecule has 3 heteroatoms. The molecule has 0 aliphatic heterocycles. The van der Waals surface area contributed by atoms with Gasteiger partial charge in [0.1, 0.15) is 0 Å². The van der Waals surface area contributed by atoms with Crippen molar-refractivity contribution in [3.8, 4) is 11.3 Å². The Kier molecular flexibility index (Phi) is 3.03. The van der Waals surface area contributed by atoms with E-state index in [1.54, 1.807) is 0 Å². The Bertz CT molecular complexity index is 553. The van der Waals surface area contributed by atoms with Crippen LogP contribution in [0.5, 0.6) is 0 Å². The van der Waals surface area contributed by atoms with E-state index in [-0.39, 0.29) is 0 Å². The molecule has 2 aromatic rings. The molecule has 2 rings (SSSR count). The van der Waals surface area contributed by atoms with E-state index in [2.05, 4.69) is 44.1 Å². The third-order valence-electron chi connectivity index (χ3n) is 3.26. The third kappa shape index (κ3) is 2.11. The maximum Gasteiger partial charge on any atom is 0.0766 e. The van der Waals surface area contributed by atoms with Gasteiger partial charge in [-0.25, -0.2) is 0 Å². The van der Waals surface area contributed by atoms with Crippen molar-refractivity contribution in [2.75, 3.05) is 0 Å². The minimum atomic E-state index is 0.484. The summed E-state index contributed by atoms with van der Waals surface area (Å²) in [6.07, 6.45) is 0. The first-order valence-corrected chi connectivity index (χ1v) is 5.84. The van der Waals surface area contributed by atoms with Crippen LogP contribution in [-0.4, -0.2) is 9.78 Å². The van der Waals surface area contributed by atoms with Gasteiger partial charge in [0.05, 0.1) is 11.4 Å². The van der Waals surface area contributed by atoms with Gasteiger partial charge in [-0.15, -0.1) is 0 Å². The molecule has 2 N–H and O–H groups in total. The molecule has 17 heavy (non-hydrogen) atoms. The van der Waals surface area contributed by atoms with E-state index < -0.39 is 0 Å². The Labute approximate surface area is 102 Å². The molecule has 0 unspecified atom stereocenters. The SMILES string of the molecule is Cc1cc(C)c(-c2cc(CN)nn2C)cc1C. The summed E-state index contributed by atoms with van der Waals surface area (Å²) in [5.41, 5.74) is 12.8. The normalized spacial score (nSPS) is 10.9. The van der Waals surface area contributed by atoms with Crippen molar-refractivity contribution in [3.05, 3.63) is 40.6 Å². The molecule has 0 saturated carbocycles. The summed E-state index contributed by atoms with van der Waals surface area (Å²) in [5, 5.41) is 4.39. The van der Waals surface area contributed by atoms with Crippen LogP contribution < -0.4 is 5.73 Å². The molecule has 0 aliphatic carbocycles. The van der Waals surface area contributed by atoms with Crippen LogP contribution in [0.2, 0.25) is 0 Å². The summed E-state index contributed by atoms with van der Waals surface area (Å²) in [4.78, 5) is 0. The maximum absolute atomic E-state index is 5.63. The van der Waals surface area contributed by atoms with Crippen LogP contribution in [0.25, 0.3) is 11.3 Å². The second kappa shape index (κ2) is 4.34. The average molecular weight is 229 g/mol. The van der Waals surface area contributed by atoms with E-state index >= 15 is 0 Å². The molecule has 0 fully saturated rings. The van der Waals surface area contributed by atoms with Gasteiger partial charge in [-0.2, -0.15) is 5.10 Å². The average Bonchev–Trinajstić information content (AvgIpc) is 2.65. The predicted molar refractivity (Wildman–Crippen MR) is 70.7 cm³/mol. The van der Waals surface area contributed by atoms with E-state index in [0.717, 1.165) is 11.4 Å². The number of nitrogens with zero attached hydrogens (tertiary/aromatic N) is 2. The van der Waals surface area contributed by atoms with Crippen LogP contribution in [0.1, 0.15) is 22.4 Å². The van der Waals surface area contributed by atoms with Crippen molar-refractivity contribution in [2.45, 2.75) is 27.3 Å². The Morgan fingerprint density at radius 1 is 1.06 bits per heavy atom. The molecule has 0 radical (unpaired) electrons. The molecule has 0 aliphatic rings. The second-order valence-electron chi connectivity index (χ2n) is 4.60. The molecular weight excluding hydrogens is 210 g/mol. The largest absolute Gasteiger partial charge is 0.325 e. The first-order chi connectivity index (χ1) is 8.02. The summed E-state index contributed by atoms with van der Waals surface area (Å²) < 4.78 is 1.90. The van der Waals surface area contributed by atoms with Gasteiger partial charge in [0.2, 0.25) is 0 Å². The highest BCUT2D eigenvalue weighted by atomic mass is 15.3. The van der Waals surface area contributed by atoms with Gasteiger partial charge >= 0.3 is 0 Å². The minimum Gasteiger partial charge on any atom is -0.325 e. The zero-order valence-electron chi connectivity index (χ0n) is 10.9. The van der Waals surface area contributed by atoms with Crippen molar-refractivity contribution < 1.29 is 0 Å². The van der Waals surface area contributed by atoms with Crippen LogP contribution in [0, 0.1) is 20.8 Å². The highest BCUT2D eigenvalue weighted by Gasteiger charge is 2.10. The van der Waals surface area contributed by atoms with Gasteiger partial charge in [0.15, 0.2) is 0 Å². The minimum absolute atomic E-state index is 0.484. The number of hydrogen-bond donors (Lipinski definition) is 1. The molecule has 0 atom stereocenters. The first kappa shape index (κ1) is 11.9. The van der Waals surface area contributed by atoms with Gasteiger partial charge in [-0.3, -0.25) is 4.68 Å². The van der Waals surface area contributed by atoms with Gasteiger partial charge in [-0.1, -0.05) is 6.07 Å². The molecule has 1 heterocycles. The zero-order chi connectivity index (χ0) is 12.6. The van der Waals surface area contributed by atoms with Crippen molar-refractivity contribution >= 4 is 0 Å². The Morgan fingerprint density at radius 3 is 2.29 bits per heavy atom. The van der Waals surface area contributed by atoms with Crippen LogP contribution >= 0.6 is 0 Å². The van der Waals surface area contributed by atoms with E-state index in [9.17, 15) is 0 Å². The summed E-state index contributed by atoms with van der Waals surface area (Å²) in [7, 11) is 1.96. The lowest BCUT2D eigenvalue weighted by atomic mass is 9.98. The fourth-order valence-corrected chi connectivity index (χ4v) is 2.11. The van der Waals surface area contributed by atoms with Crippen LogP contribution in [0.15, 0.2) is 18.2 Å². The summed E-state index contributed by atoms with van der Waals surface area (Å²) in [5.74, 6) is 0. The molecule has 0 bridgehead atoms. The van der Waals surface area contributed by atoms with Gasteiger partial charge in [0.25, 0.3) is 0 Å². The summed E-state index contributed by atoms with van der Waals surface area (Å²) >= 11 is 0. The Balaban J connectivity index is 2.59. The zero-order valence-corrected chi connectivity index (χ0v) is 10.9. The summed E-state index contributed by atoms with van der Waals surface area (Å²) in [6.45, 7) is 6.90. The van der Waals surface area contributed by atoms with Crippen LogP contribution in [0.4, 0.5) is 0 Å². The molecule has 0 spiro atoms. The number of benzene rings is 1. The van der Waals surface area contributed by atoms with Gasteiger partial charge < -0.3 is 5.73 Å². The number of rotatable bonds is 2. The highest BCUT2D eigenvalue weighted by molar-refractivity contribution is 5.66. The standard InChI is InChI=1S/C14H19N3/c1-9-5-11(3)13(6-10(9)2)14-7-12(8-15)16-17(14)4/h5-7H,8,15H2,1-4H3. The predicted octanol–water partition coefficient (Wildman–Crippen LogP) is 2.47. The van der Waals surface area contributed by atoms with Crippen molar-refractivity contribution in [3.63, 3.8) is 0 Å². The molecule has 0 amide bonds. The molecule has 1 aromatic heterocycles. The number of aromatic nitrogens is 2. The molecule has 3 nitrogen and oxygen atoms in total. The van der Waals surface area contributed by atoms with E-state index in [4.69, 9.17) is 5.73 Å². The summed E-state index contributed by atoms with van der Waals surface area (Å²) in [6, 6.07) is 6.51. The lowest BCUT2D eigenvalue weighted by Crippen LogP contribution is -1.99. The van der Waals surface area contributed by atoms with Crippen molar-refractivity contribution in [1.29, 1.82) is 0 Å². The number of nitrogens with two attached hydrogens (primary N) is 1. The molecular formula is C14H19N3. The monoisotopic (exact) mass is 229 g/mol. The highest BCUT2D eigenvalue weighted by Crippen LogP contribution is 2.26. The number of hydrogen-bond acceptors (Lipinski definition) is 2. The number of aryl methyl sites for hydroxylation is 4. The fourth-order valence-electron chi connectivity index (χ4n) is 2.11. The van der Waals surface area contributed by atoms with Crippen LogP contribution in [0.3, 0.4) is 0 Å². The van der Waals surface area contributed by atoms with Gasteiger partial charge in [0, 0.05) is 19.2 Å². The van der Waals surface area contributed by atoms with Crippen LogP contribution in [-0.2, 0) is 13.6 Å². The van der Waals surface area contributed by atoms with Crippen molar-refractivity contribution in [2.24, 2.45) is 12.8 Å². The Morgan fingerprint density at radius 2 is 1.71 bits per heavy atom. The van der Waals surface area contributed by atoms with E-state index in [1.807, 2.05) is 11.7 Å². The smallest absolute Gasteiger partial charge is 0.0766 e. The van der Waals surface area contributed by atoms with E-state index in [0.29, 0.717) is 6.54 Å². The molecule has 0 saturated heterocycles. The quantitative estimate of drug-likeness (QED) is 0.859. The lowest BCUT2D eigenvalue weighted by molar-refractivity contribution is 0.749. The third-order valence-corrected chi connectivity index (χ3v) is 3.26. The first-order valence-electron chi connectivity index (χ1n) is 5.84. The van der Waals surface area contributed by atoms with E-state index in [1.165, 1.54) is 22.3 Å². The fraction of sp³-hybridized carbons (Fsp3) is 0.357. The Hall–Kier alpha value is -1.61.